The van der Waals surface area contributed by atoms with Crippen LogP contribution in [0.5, 0.6) is 0 Å². The van der Waals surface area contributed by atoms with E-state index in [4.69, 9.17) is 4.74 Å². The summed E-state index contributed by atoms with van der Waals surface area (Å²) in [4.78, 5) is 0. The number of ether oxygens (including phenoxy) is 1. The number of hydrogen-bond acceptors (Lipinski definition) is 2. The van der Waals surface area contributed by atoms with E-state index in [1.165, 1.54) is 0 Å². The van der Waals surface area contributed by atoms with E-state index in [1.807, 2.05) is 0 Å². The molecule has 94 valence electrons. The van der Waals surface area contributed by atoms with Gasteiger partial charge in [0.1, 0.15) is 5.76 Å². The second-order valence-corrected chi connectivity index (χ2v) is 5.86. The normalized spacial score (nSPS) is 20.2. The highest BCUT2D eigenvalue weighted by Gasteiger charge is 2.26. The lowest BCUT2D eigenvalue weighted by Gasteiger charge is -2.31. The van der Waals surface area contributed by atoms with Crippen molar-refractivity contribution in [2.24, 2.45) is 11.3 Å². The van der Waals surface area contributed by atoms with Gasteiger partial charge in [-0.3, -0.25) is 0 Å². The highest BCUT2D eigenvalue weighted by Crippen LogP contribution is 2.31. The average molecular weight is 225 g/mol. The topological polar surface area (TPSA) is 21.3 Å². The van der Waals surface area contributed by atoms with Crippen LogP contribution in [0.2, 0.25) is 0 Å². The molecule has 1 heterocycles. The molecule has 0 aromatic rings. The van der Waals surface area contributed by atoms with E-state index in [0.717, 1.165) is 31.8 Å². The number of hydrogen-bond donors (Lipinski definition) is 1. The van der Waals surface area contributed by atoms with Crippen LogP contribution in [-0.2, 0) is 4.74 Å². The summed E-state index contributed by atoms with van der Waals surface area (Å²) in [5.74, 6) is 1.85. The minimum absolute atomic E-state index is 0.368. The molecular weight excluding hydrogens is 198 g/mol. The van der Waals surface area contributed by atoms with Crippen molar-refractivity contribution in [3.05, 3.63) is 11.8 Å². The fourth-order valence-corrected chi connectivity index (χ4v) is 1.93. The van der Waals surface area contributed by atoms with Crippen LogP contribution in [0, 0.1) is 11.3 Å². The Kier molecular flexibility index (Phi) is 4.85. The van der Waals surface area contributed by atoms with Gasteiger partial charge in [0, 0.05) is 6.42 Å². The molecule has 1 aliphatic rings. The van der Waals surface area contributed by atoms with Crippen LogP contribution < -0.4 is 5.32 Å². The summed E-state index contributed by atoms with van der Waals surface area (Å²) in [6.07, 6.45) is 4.47. The van der Waals surface area contributed by atoms with Crippen molar-refractivity contribution < 1.29 is 4.74 Å². The highest BCUT2D eigenvalue weighted by atomic mass is 16.5. The molecule has 2 nitrogen and oxygen atoms in total. The summed E-state index contributed by atoms with van der Waals surface area (Å²) < 4.78 is 5.68. The first-order valence-electron chi connectivity index (χ1n) is 6.51. The van der Waals surface area contributed by atoms with Crippen molar-refractivity contribution in [3.8, 4) is 0 Å². The Balaban J connectivity index is 2.57. The maximum Gasteiger partial charge on any atom is 0.109 e. The number of rotatable bonds is 5. The Morgan fingerprint density at radius 2 is 2.12 bits per heavy atom. The minimum Gasteiger partial charge on any atom is -0.496 e. The van der Waals surface area contributed by atoms with Gasteiger partial charge >= 0.3 is 0 Å². The maximum absolute atomic E-state index is 5.68. The third kappa shape index (κ3) is 3.82. The van der Waals surface area contributed by atoms with E-state index >= 15 is 0 Å². The monoisotopic (exact) mass is 225 g/mol. The Hall–Kier alpha value is -0.500. The van der Waals surface area contributed by atoms with E-state index in [1.54, 1.807) is 0 Å². The summed E-state index contributed by atoms with van der Waals surface area (Å²) >= 11 is 0. The quantitative estimate of drug-likeness (QED) is 0.775. The van der Waals surface area contributed by atoms with E-state index in [-0.39, 0.29) is 0 Å². The molecule has 0 amide bonds. The zero-order valence-corrected chi connectivity index (χ0v) is 11.5. The zero-order valence-electron chi connectivity index (χ0n) is 11.5. The fraction of sp³-hybridized carbons (Fsp3) is 0.857. The molecule has 0 spiro atoms. The van der Waals surface area contributed by atoms with Crippen LogP contribution >= 0.6 is 0 Å². The highest BCUT2D eigenvalue weighted by molar-refractivity contribution is 5.07. The van der Waals surface area contributed by atoms with Gasteiger partial charge in [-0.2, -0.15) is 0 Å². The lowest BCUT2D eigenvalue weighted by atomic mass is 9.78. The minimum atomic E-state index is 0.368. The second kappa shape index (κ2) is 5.72. The number of likely N-dealkylation sites (N-methyl/N-ethyl adjacent to an activating group) is 1. The van der Waals surface area contributed by atoms with Crippen LogP contribution in [0.25, 0.3) is 0 Å². The Labute approximate surface area is 100 Å². The van der Waals surface area contributed by atoms with Crippen LogP contribution in [0.1, 0.15) is 47.5 Å². The molecule has 16 heavy (non-hydrogen) atoms. The molecule has 1 aliphatic heterocycles. The predicted octanol–water partition coefficient (Wildman–Crippen LogP) is 3.34. The molecule has 2 atom stereocenters. The molecular formula is C14H27NO. The van der Waals surface area contributed by atoms with Crippen molar-refractivity contribution in [1.29, 1.82) is 0 Å². The summed E-state index contributed by atoms with van der Waals surface area (Å²) in [5, 5.41) is 3.53. The molecule has 2 heteroatoms. The van der Waals surface area contributed by atoms with Gasteiger partial charge in [0.25, 0.3) is 0 Å². The summed E-state index contributed by atoms with van der Waals surface area (Å²) in [6, 6.07) is 0.404. The second-order valence-electron chi connectivity index (χ2n) is 5.86. The van der Waals surface area contributed by atoms with Gasteiger partial charge in [0.05, 0.1) is 12.6 Å². The molecule has 0 aromatic carbocycles. The van der Waals surface area contributed by atoms with E-state index in [9.17, 15) is 0 Å². The lowest BCUT2D eigenvalue weighted by molar-refractivity contribution is 0.179. The summed E-state index contributed by atoms with van der Waals surface area (Å²) in [6.45, 7) is 13.3. The smallest absolute Gasteiger partial charge is 0.109 e. The Morgan fingerprint density at radius 1 is 1.44 bits per heavy atom. The van der Waals surface area contributed by atoms with Crippen molar-refractivity contribution in [2.45, 2.75) is 53.5 Å². The van der Waals surface area contributed by atoms with Crippen LogP contribution in [0.4, 0.5) is 0 Å². The van der Waals surface area contributed by atoms with E-state index in [2.05, 4.69) is 46.0 Å². The largest absolute Gasteiger partial charge is 0.496 e. The van der Waals surface area contributed by atoms with Crippen molar-refractivity contribution >= 4 is 0 Å². The SMILES string of the molecule is CCNC(CC(C)C(C)(C)C)C1=CCCO1. The van der Waals surface area contributed by atoms with Gasteiger partial charge in [0.15, 0.2) is 0 Å². The molecule has 0 aromatic heterocycles. The molecule has 0 saturated heterocycles. The number of nitrogens with one attached hydrogen (secondary N) is 1. The van der Waals surface area contributed by atoms with Gasteiger partial charge in [-0.05, 0) is 30.4 Å². The summed E-state index contributed by atoms with van der Waals surface area (Å²) in [5.41, 5.74) is 0.368. The molecule has 2 unspecified atom stereocenters. The van der Waals surface area contributed by atoms with Crippen LogP contribution in [0.3, 0.4) is 0 Å². The predicted molar refractivity (Wildman–Crippen MR) is 69.4 cm³/mol. The third-order valence-corrected chi connectivity index (χ3v) is 3.59. The first kappa shape index (κ1) is 13.6. The fourth-order valence-electron chi connectivity index (χ4n) is 1.93. The molecule has 0 aliphatic carbocycles. The van der Waals surface area contributed by atoms with Crippen LogP contribution in [-0.4, -0.2) is 19.2 Å². The van der Waals surface area contributed by atoms with Crippen molar-refractivity contribution in [1.82, 2.24) is 5.32 Å². The van der Waals surface area contributed by atoms with E-state index < -0.39 is 0 Å². The standard InChI is InChI=1S/C14H27NO/c1-6-15-12(13-8-7-9-16-13)10-11(2)14(3,4)5/h8,11-12,15H,6-7,9-10H2,1-5H3. The van der Waals surface area contributed by atoms with Crippen molar-refractivity contribution in [2.75, 3.05) is 13.2 Å². The van der Waals surface area contributed by atoms with Gasteiger partial charge in [-0.15, -0.1) is 0 Å². The first-order chi connectivity index (χ1) is 7.45. The van der Waals surface area contributed by atoms with Gasteiger partial charge in [-0.25, -0.2) is 0 Å². The molecule has 0 saturated carbocycles. The summed E-state index contributed by atoms with van der Waals surface area (Å²) in [7, 11) is 0. The van der Waals surface area contributed by atoms with E-state index in [0.29, 0.717) is 17.4 Å². The third-order valence-electron chi connectivity index (χ3n) is 3.59. The molecule has 1 N–H and O–H groups in total. The zero-order chi connectivity index (χ0) is 12.2. The molecule has 0 fully saturated rings. The molecule has 0 radical (unpaired) electrons. The van der Waals surface area contributed by atoms with Crippen LogP contribution in [0.15, 0.2) is 11.8 Å². The average Bonchev–Trinajstić information content (AvgIpc) is 2.68. The molecule has 0 bridgehead atoms. The van der Waals surface area contributed by atoms with Gasteiger partial charge < -0.3 is 10.1 Å². The lowest BCUT2D eigenvalue weighted by Crippen LogP contribution is -2.35. The molecule has 1 rings (SSSR count). The Morgan fingerprint density at radius 3 is 2.56 bits per heavy atom. The maximum atomic E-state index is 5.68. The van der Waals surface area contributed by atoms with Gasteiger partial charge in [-0.1, -0.05) is 34.6 Å². The van der Waals surface area contributed by atoms with Gasteiger partial charge in [0.2, 0.25) is 0 Å². The first-order valence-corrected chi connectivity index (χ1v) is 6.51. The van der Waals surface area contributed by atoms with Crippen molar-refractivity contribution in [3.63, 3.8) is 0 Å². The Bertz CT molecular complexity index is 240.